The zero-order chi connectivity index (χ0) is 20.2. The Kier molecular flexibility index (Phi) is 9.39. The highest BCUT2D eigenvalue weighted by Gasteiger charge is 2.29. The Balaban J connectivity index is 1.55. The van der Waals surface area contributed by atoms with Crippen molar-refractivity contribution in [2.45, 2.75) is 37.0 Å². The van der Waals surface area contributed by atoms with Crippen LogP contribution in [0.1, 0.15) is 37.7 Å². The van der Waals surface area contributed by atoms with E-state index in [2.05, 4.69) is 15.0 Å². The van der Waals surface area contributed by atoms with Gasteiger partial charge in [-0.1, -0.05) is 18.6 Å². The average Bonchev–Trinajstić information content (AvgIpc) is 2.94. The normalized spacial score (nSPS) is 16.0. The minimum absolute atomic E-state index is 0.0423. The summed E-state index contributed by atoms with van der Waals surface area (Å²) in [6.07, 6.45) is 3.71. The maximum absolute atomic E-state index is 12.0. The van der Waals surface area contributed by atoms with Crippen LogP contribution in [0.5, 0.6) is 0 Å². The number of rotatable bonds is 13. The average molecular weight is 412 g/mol. The van der Waals surface area contributed by atoms with E-state index in [1.54, 1.807) is 31.4 Å². The number of unbranched alkanes of at least 4 members (excludes halogenated alkanes) is 2. The van der Waals surface area contributed by atoms with Crippen LogP contribution < -0.4 is 10.0 Å². The van der Waals surface area contributed by atoms with Gasteiger partial charge in [0.2, 0.25) is 5.91 Å². The fourth-order valence-corrected chi connectivity index (χ4v) is 4.00. The molecular weight excluding hydrogens is 382 g/mol. The largest absolute Gasteiger partial charge is 0.382 e. The van der Waals surface area contributed by atoms with E-state index in [1.165, 1.54) is 0 Å². The van der Waals surface area contributed by atoms with E-state index in [0.29, 0.717) is 50.7 Å². The second kappa shape index (κ2) is 11.8. The molecule has 0 saturated carbocycles. The molecule has 0 atom stereocenters. The Morgan fingerprint density at radius 3 is 2.75 bits per heavy atom. The van der Waals surface area contributed by atoms with Crippen LogP contribution in [-0.2, 0) is 24.3 Å². The monoisotopic (exact) mass is 411 g/mol. The first-order valence-corrected chi connectivity index (χ1v) is 11.0. The summed E-state index contributed by atoms with van der Waals surface area (Å²) in [6, 6.07) is 6.81. The molecule has 8 nitrogen and oxygen atoms in total. The molecule has 1 amide bonds. The number of hydrogen-bond donors (Lipinski definition) is 2. The van der Waals surface area contributed by atoms with Crippen LogP contribution in [0.15, 0.2) is 34.2 Å². The minimum Gasteiger partial charge on any atom is -0.382 e. The topological polar surface area (TPSA) is 106 Å². The maximum Gasteiger partial charge on any atom is 0.263 e. The third-order valence-corrected chi connectivity index (χ3v) is 5.61. The van der Waals surface area contributed by atoms with Gasteiger partial charge in [-0.2, -0.15) is 0 Å². The smallest absolute Gasteiger partial charge is 0.263 e. The van der Waals surface area contributed by atoms with Crippen molar-refractivity contribution in [1.29, 1.82) is 0 Å². The molecule has 1 aromatic rings. The molecule has 1 aliphatic heterocycles. The number of benzene rings is 1. The molecule has 28 heavy (non-hydrogen) atoms. The van der Waals surface area contributed by atoms with Crippen LogP contribution in [0.25, 0.3) is 0 Å². The molecule has 0 unspecified atom stereocenters. The first-order valence-electron chi connectivity index (χ1n) is 9.54. The molecular formula is C19H29N3O5S. The second-order valence-electron chi connectivity index (χ2n) is 6.45. The van der Waals surface area contributed by atoms with E-state index in [9.17, 15) is 13.2 Å². The SMILES string of the molecule is COCCOCCCNC(=O)CCCCCN=C1NS(=O)(=O)c2ccccc21. The molecule has 9 heteroatoms. The highest BCUT2D eigenvalue weighted by Crippen LogP contribution is 2.22. The van der Waals surface area contributed by atoms with Crippen molar-refractivity contribution in [1.82, 2.24) is 10.0 Å². The van der Waals surface area contributed by atoms with Gasteiger partial charge in [-0.25, -0.2) is 8.42 Å². The summed E-state index contributed by atoms with van der Waals surface area (Å²) < 4.78 is 36.7. The molecule has 0 bridgehead atoms. The highest BCUT2D eigenvalue weighted by atomic mass is 32.2. The van der Waals surface area contributed by atoms with E-state index in [1.807, 2.05) is 0 Å². The predicted molar refractivity (Wildman–Crippen MR) is 107 cm³/mol. The minimum atomic E-state index is -3.48. The second-order valence-corrected chi connectivity index (χ2v) is 8.10. The molecule has 2 rings (SSSR count). The summed E-state index contributed by atoms with van der Waals surface area (Å²) in [5.74, 6) is 0.446. The van der Waals surface area contributed by atoms with Crippen LogP contribution in [0.2, 0.25) is 0 Å². The number of hydrogen-bond acceptors (Lipinski definition) is 6. The first-order chi connectivity index (χ1) is 13.5. The third-order valence-electron chi connectivity index (χ3n) is 4.21. The number of carbonyl (C=O) groups excluding carboxylic acids is 1. The molecule has 1 heterocycles. The van der Waals surface area contributed by atoms with Gasteiger partial charge in [-0.15, -0.1) is 0 Å². The van der Waals surface area contributed by atoms with Crippen molar-refractivity contribution in [3.8, 4) is 0 Å². The van der Waals surface area contributed by atoms with Crippen molar-refractivity contribution in [2.75, 3.05) is 40.0 Å². The summed E-state index contributed by atoms with van der Waals surface area (Å²) in [6.45, 7) is 2.89. The highest BCUT2D eigenvalue weighted by molar-refractivity contribution is 7.90. The van der Waals surface area contributed by atoms with Gasteiger partial charge in [0.05, 0.1) is 18.1 Å². The maximum atomic E-state index is 12.0. The van der Waals surface area contributed by atoms with E-state index in [-0.39, 0.29) is 10.8 Å². The molecule has 2 N–H and O–H groups in total. The lowest BCUT2D eigenvalue weighted by Crippen LogP contribution is -2.25. The van der Waals surface area contributed by atoms with Gasteiger partial charge < -0.3 is 14.8 Å². The zero-order valence-electron chi connectivity index (χ0n) is 16.3. The van der Waals surface area contributed by atoms with Crippen LogP contribution in [0, 0.1) is 0 Å². The number of sulfonamides is 1. The van der Waals surface area contributed by atoms with Gasteiger partial charge in [0.1, 0.15) is 5.84 Å². The molecule has 0 fully saturated rings. The lowest BCUT2D eigenvalue weighted by molar-refractivity contribution is -0.121. The zero-order valence-corrected chi connectivity index (χ0v) is 17.1. The fourth-order valence-electron chi connectivity index (χ4n) is 2.75. The fraction of sp³-hybridized carbons (Fsp3) is 0.579. The Morgan fingerprint density at radius 1 is 1.11 bits per heavy atom. The quantitative estimate of drug-likeness (QED) is 0.478. The number of methoxy groups -OCH3 is 1. The van der Waals surface area contributed by atoms with Crippen molar-refractivity contribution >= 4 is 21.8 Å². The van der Waals surface area contributed by atoms with Crippen molar-refractivity contribution < 1.29 is 22.7 Å². The number of ether oxygens (including phenoxy) is 2. The summed E-state index contributed by atoms with van der Waals surface area (Å²) in [5, 5.41) is 2.87. The summed E-state index contributed by atoms with van der Waals surface area (Å²) >= 11 is 0. The third kappa shape index (κ3) is 7.21. The molecule has 0 radical (unpaired) electrons. The number of fused-ring (bicyclic) bond motifs is 1. The molecule has 0 aliphatic carbocycles. The van der Waals surface area contributed by atoms with E-state index < -0.39 is 10.0 Å². The van der Waals surface area contributed by atoms with Crippen molar-refractivity contribution in [3.05, 3.63) is 29.8 Å². The van der Waals surface area contributed by atoms with Gasteiger partial charge >= 0.3 is 0 Å². The molecule has 1 aromatic carbocycles. The van der Waals surface area contributed by atoms with Crippen LogP contribution in [0.4, 0.5) is 0 Å². The summed E-state index contributed by atoms with van der Waals surface area (Å²) in [7, 11) is -1.85. The Bertz CT molecular complexity index is 765. The molecule has 0 spiro atoms. The lowest BCUT2D eigenvalue weighted by Gasteiger charge is -2.06. The van der Waals surface area contributed by atoms with E-state index in [0.717, 1.165) is 25.7 Å². The summed E-state index contributed by atoms with van der Waals surface area (Å²) in [5.41, 5.74) is 0.619. The predicted octanol–water partition coefficient (Wildman–Crippen LogP) is 1.45. The lowest BCUT2D eigenvalue weighted by atomic mass is 10.2. The number of amides is 1. The molecule has 0 saturated heterocycles. The van der Waals surface area contributed by atoms with Gasteiger partial charge in [-0.3, -0.25) is 14.5 Å². The number of carbonyl (C=O) groups is 1. The standard InChI is InChI=1S/C19H29N3O5S/c1-26-14-15-27-13-7-12-20-18(23)10-3-2-6-11-21-19-16-8-4-5-9-17(16)28(24,25)22-19/h4-5,8-9H,2-3,6-7,10-15H2,1H3,(H,20,23)(H,21,22). The number of amidine groups is 1. The van der Waals surface area contributed by atoms with E-state index in [4.69, 9.17) is 9.47 Å². The van der Waals surface area contributed by atoms with Crippen molar-refractivity contribution in [2.24, 2.45) is 4.99 Å². The van der Waals surface area contributed by atoms with Gasteiger partial charge in [0, 0.05) is 38.8 Å². The first kappa shape index (κ1) is 22.3. The molecule has 1 aliphatic rings. The van der Waals surface area contributed by atoms with Gasteiger partial charge in [-0.05, 0) is 31.4 Å². The Hall–Kier alpha value is -1.97. The van der Waals surface area contributed by atoms with E-state index >= 15 is 0 Å². The van der Waals surface area contributed by atoms with Gasteiger partial charge in [0.25, 0.3) is 10.0 Å². The molecule has 156 valence electrons. The number of aliphatic imine (C=N–C) groups is 1. The van der Waals surface area contributed by atoms with Crippen LogP contribution in [-0.4, -0.2) is 60.2 Å². The van der Waals surface area contributed by atoms with Crippen molar-refractivity contribution in [3.63, 3.8) is 0 Å². The number of nitrogens with one attached hydrogen (secondary N) is 2. The Labute approximate surface area is 166 Å². The van der Waals surface area contributed by atoms with Crippen LogP contribution in [0.3, 0.4) is 0 Å². The summed E-state index contributed by atoms with van der Waals surface area (Å²) in [4.78, 5) is 16.4. The van der Waals surface area contributed by atoms with Gasteiger partial charge in [0.15, 0.2) is 0 Å². The van der Waals surface area contributed by atoms with Crippen LogP contribution >= 0.6 is 0 Å². The Morgan fingerprint density at radius 2 is 1.93 bits per heavy atom. The molecule has 0 aromatic heterocycles. The number of nitrogens with zero attached hydrogens (tertiary/aromatic N) is 1.